The number of anilines is 1. The van der Waals surface area contributed by atoms with Gasteiger partial charge < -0.3 is 10.5 Å². The Morgan fingerprint density at radius 1 is 1.11 bits per heavy atom. The molecule has 1 heterocycles. The molecule has 3 rings (SSSR count). The molecule has 3 heteroatoms. The molecule has 0 amide bonds. The fraction of sp³-hybridized carbons (Fsp3) is 0.125. The van der Waals surface area contributed by atoms with Crippen molar-refractivity contribution in [1.82, 2.24) is 0 Å². The van der Waals surface area contributed by atoms with Crippen molar-refractivity contribution in [3.05, 3.63) is 58.1 Å². The van der Waals surface area contributed by atoms with Crippen LogP contribution in [0.1, 0.15) is 16.7 Å². The Morgan fingerprint density at radius 2 is 1.89 bits per heavy atom. The first-order chi connectivity index (χ1) is 9.22. The van der Waals surface area contributed by atoms with E-state index in [1.807, 2.05) is 48.6 Å². The van der Waals surface area contributed by atoms with E-state index in [9.17, 15) is 0 Å². The Bertz CT molecular complexity index is 632. The number of nitrogen functional groups attached to an aromatic ring is 1. The average Bonchev–Trinajstić information content (AvgIpc) is 2.85. The zero-order valence-corrected chi connectivity index (χ0v) is 11.2. The third-order valence-electron chi connectivity index (χ3n) is 3.16. The molecule has 0 fully saturated rings. The van der Waals surface area contributed by atoms with Crippen molar-refractivity contribution in [2.75, 3.05) is 12.3 Å². The molecule has 2 aromatic carbocycles. The van der Waals surface area contributed by atoms with Crippen molar-refractivity contribution in [2.24, 2.45) is 0 Å². The van der Waals surface area contributed by atoms with Gasteiger partial charge in [-0.05, 0) is 29.8 Å². The van der Waals surface area contributed by atoms with Crippen LogP contribution in [-0.4, -0.2) is 6.61 Å². The molecule has 0 unspecified atom stereocenters. The fourth-order valence-electron chi connectivity index (χ4n) is 2.25. The summed E-state index contributed by atoms with van der Waals surface area (Å²) in [6.45, 7) is 0.737. The predicted octanol–water partition coefficient (Wildman–Crippen LogP) is 4.03. The molecule has 1 aliphatic rings. The van der Waals surface area contributed by atoms with Crippen molar-refractivity contribution < 1.29 is 4.74 Å². The number of ether oxygens (including phenoxy) is 1. The third kappa shape index (κ3) is 2.59. The summed E-state index contributed by atoms with van der Waals surface area (Å²) in [5.74, 6) is 0.958. The molecule has 0 aliphatic carbocycles. The van der Waals surface area contributed by atoms with Crippen LogP contribution in [-0.2, 0) is 6.42 Å². The maximum Gasteiger partial charge on any atom is 0.129 e. The monoisotopic (exact) mass is 271 g/mol. The average molecular weight is 272 g/mol. The summed E-state index contributed by atoms with van der Waals surface area (Å²) in [7, 11) is 0. The van der Waals surface area contributed by atoms with Crippen molar-refractivity contribution in [1.29, 1.82) is 0 Å². The minimum atomic E-state index is 0.737. The van der Waals surface area contributed by atoms with Crippen LogP contribution in [0.4, 0.5) is 5.69 Å². The second-order valence-electron chi connectivity index (χ2n) is 4.58. The highest BCUT2D eigenvalue weighted by atomic mass is 35.5. The molecule has 0 bridgehead atoms. The molecule has 0 saturated carbocycles. The van der Waals surface area contributed by atoms with Gasteiger partial charge in [0.1, 0.15) is 5.75 Å². The zero-order valence-electron chi connectivity index (χ0n) is 10.4. The molecule has 0 aromatic heterocycles. The quantitative estimate of drug-likeness (QED) is 0.661. The summed E-state index contributed by atoms with van der Waals surface area (Å²) in [6.07, 6.45) is 5.00. The fourth-order valence-corrected chi connectivity index (χ4v) is 2.37. The molecular formula is C16H14ClNO. The molecule has 0 radical (unpaired) electrons. The van der Waals surface area contributed by atoms with Crippen LogP contribution in [0.15, 0.2) is 36.4 Å². The molecule has 1 aliphatic heterocycles. The van der Waals surface area contributed by atoms with Crippen molar-refractivity contribution >= 4 is 29.4 Å². The lowest BCUT2D eigenvalue weighted by Gasteiger charge is -2.05. The lowest BCUT2D eigenvalue weighted by atomic mass is 10.1. The van der Waals surface area contributed by atoms with Crippen LogP contribution in [0.5, 0.6) is 5.75 Å². The SMILES string of the molecule is Nc1cc(/C=C/c2ccc(Cl)cc2)c2c(c1)CCO2. The first-order valence-corrected chi connectivity index (χ1v) is 6.59. The molecule has 0 atom stereocenters. The van der Waals surface area contributed by atoms with E-state index in [2.05, 4.69) is 0 Å². The number of nitrogens with two attached hydrogens (primary N) is 1. The molecule has 0 spiro atoms. The highest BCUT2D eigenvalue weighted by Crippen LogP contribution is 2.33. The number of hydrogen-bond acceptors (Lipinski definition) is 2. The summed E-state index contributed by atoms with van der Waals surface area (Å²) >= 11 is 5.87. The van der Waals surface area contributed by atoms with Gasteiger partial charge >= 0.3 is 0 Å². The summed E-state index contributed by atoms with van der Waals surface area (Å²) in [6, 6.07) is 11.6. The number of benzene rings is 2. The minimum absolute atomic E-state index is 0.737. The Morgan fingerprint density at radius 3 is 2.68 bits per heavy atom. The van der Waals surface area contributed by atoms with Gasteiger partial charge in [-0.1, -0.05) is 35.9 Å². The van der Waals surface area contributed by atoms with Crippen LogP contribution in [0.25, 0.3) is 12.2 Å². The molecule has 96 valence electrons. The van der Waals surface area contributed by atoms with Crippen molar-refractivity contribution in [3.8, 4) is 5.75 Å². The van der Waals surface area contributed by atoms with E-state index in [-0.39, 0.29) is 0 Å². The van der Waals surface area contributed by atoms with E-state index < -0.39 is 0 Å². The van der Waals surface area contributed by atoms with Gasteiger partial charge in [0.2, 0.25) is 0 Å². The largest absolute Gasteiger partial charge is 0.492 e. The van der Waals surface area contributed by atoms with Crippen LogP contribution in [0, 0.1) is 0 Å². The van der Waals surface area contributed by atoms with Gasteiger partial charge in [-0.15, -0.1) is 0 Å². The van der Waals surface area contributed by atoms with E-state index in [0.717, 1.165) is 40.6 Å². The van der Waals surface area contributed by atoms with Crippen molar-refractivity contribution in [2.45, 2.75) is 6.42 Å². The number of hydrogen-bond donors (Lipinski definition) is 1. The second-order valence-corrected chi connectivity index (χ2v) is 5.02. The smallest absolute Gasteiger partial charge is 0.129 e. The Hall–Kier alpha value is -1.93. The Balaban J connectivity index is 1.93. The standard InChI is InChI=1S/C16H14ClNO/c17-14-5-2-11(3-6-14)1-4-12-9-15(18)10-13-7-8-19-16(12)13/h1-6,9-10H,7-8,18H2/b4-1+. The van der Waals surface area contributed by atoms with E-state index in [4.69, 9.17) is 22.1 Å². The van der Waals surface area contributed by atoms with Crippen LogP contribution >= 0.6 is 11.6 Å². The highest BCUT2D eigenvalue weighted by molar-refractivity contribution is 6.30. The van der Waals surface area contributed by atoms with Crippen molar-refractivity contribution in [3.63, 3.8) is 0 Å². The van der Waals surface area contributed by atoms with Gasteiger partial charge in [-0.25, -0.2) is 0 Å². The topological polar surface area (TPSA) is 35.2 Å². The van der Waals surface area contributed by atoms with Gasteiger partial charge in [-0.2, -0.15) is 0 Å². The molecule has 2 nitrogen and oxygen atoms in total. The zero-order chi connectivity index (χ0) is 13.2. The number of rotatable bonds is 2. The lowest BCUT2D eigenvalue weighted by molar-refractivity contribution is 0.356. The van der Waals surface area contributed by atoms with E-state index in [0.29, 0.717) is 0 Å². The lowest BCUT2D eigenvalue weighted by Crippen LogP contribution is -1.90. The van der Waals surface area contributed by atoms with Gasteiger partial charge in [-0.3, -0.25) is 0 Å². The minimum Gasteiger partial charge on any atom is -0.492 e. The van der Waals surface area contributed by atoms with Crippen LogP contribution in [0.3, 0.4) is 0 Å². The Labute approximate surface area is 117 Å². The first-order valence-electron chi connectivity index (χ1n) is 6.21. The van der Waals surface area contributed by atoms with E-state index in [1.165, 1.54) is 5.56 Å². The molecule has 19 heavy (non-hydrogen) atoms. The van der Waals surface area contributed by atoms with Crippen LogP contribution < -0.4 is 10.5 Å². The summed E-state index contributed by atoms with van der Waals surface area (Å²) in [5.41, 5.74) is 10.0. The van der Waals surface area contributed by atoms with E-state index in [1.54, 1.807) is 0 Å². The van der Waals surface area contributed by atoms with Crippen LogP contribution in [0.2, 0.25) is 5.02 Å². The molecular weight excluding hydrogens is 258 g/mol. The molecule has 2 aromatic rings. The maximum atomic E-state index is 5.91. The molecule has 0 saturated heterocycles. The predicted molar refractivity (Wildman–Crippen MR) is 80.4 cm³/mol. The summed E-state index contributed by atoms with van der Waals surface area (Å²) < 4.78 is 5.66. The Kier molecular flexibility index (Phi) is 3.18. The van der Waals surface area contributed by atoms with E-state index >= 15 is 0 Å². The third-order valence-corrected chi connectivity index (χ3v) is 3.41. The first kappa shape index (κ1) is 12.1. The molecule has 2 N–H and O–H groups in total. The summed E-state index contributed by atoms with van der Waals surface area (Å²) in [4.78, 5) is 0. The van der Waals surface area contributed by atoms with Gasteiger partial charge in [0.15, 0.2) is 0 Å². The number of fused-ring (bicyclic) bond motifs is 1. The number of halogens is 1. The normalized spacial score (nSPS) is 13.5. The van der Waals surface area contributed by atoms with Gasteiger partial charge in [0.05, 0.1) is 6.61 Å². The highest BCUT2D eigenvalue weighted by Gasteiger charge is 2.15. The van der Waals surface area contributed by atoms with Gasteiger partial charge in [0.25, 0.3) is 0 Å². The van der Waals surface area contributed by atoms with Gasteiger partial charge in [0, 0.05) is 28.3 Å². The summed E-state index contributed by atoms with van der Waals surface area (Å²) in [5, 5.41) is 0.741. The maximum absolute atomic E-state index is 5.91. The second kappa shape index (κ2) is 4.98.